The van der Waals surface area contributed by atoms with Gasteiger partial charge >= 0.3 is 5.97 Å². The molecule has 2 aromatic carbocycles. The first-order valence-corrected chi connectivity index (χ1v) is 12.2. The predicted octanol–water partition coefficient (Wildman–Crippen LogP) is 5.07. The zero-order valence-electron chi connectivity index (χ0n) is 19.7. The first-order chi connectivity index (χ1) is 16.4. The van der Waals surface area contributed by atoms with E-state index in [1.54, 1.807) is 6.07 Å². The van der Waals surface area contributed by atoms with Crippen molar-refractivity contribution in [2.45, 2.75) is 51.9 Å². The number of carbonyl (C=O) groups is 3. The highest BCUT2D eigenvalue weighted by atomic mass is 16.4. The molecular formula is C27H33N3O4. The van der Waals surface area contributed by atoms with Gasteiger partial charge in [-0.15, -0.1) is 0 Å². The second-order valence-corrected chi connectivity index (χ2v) is 9.43. The molecule has 7 nitrogen and oxygen atoms in total. The van der Waals surface area contributed by atoms with Gasteiger partial charge in [-0.3, -0.25) is 14.4 Å². The molecule has 34 heavy (non-hydrogen) atoms. The monoisotopic (exact) mass is 463 g/mol. The average molecular weight is 464 g/mol. The molecule has 1 saturated heterocycles. The van der Waals surface area contributed by atoms with E-state index in [-0.39, 0.29) is 11.8 Å². The third kappa shape index (κ3) is 5.58. The number of nitrogens with zero attached hydrogens (tertiary/aromatic N) is 1. The molecule has 0 spiro atoms. The summed E-state index contributed by atoms with van der Waals surface area (Å²) in [6.07, 6.45) is 6.10. The molecule has 2 unspecified atom stereocenters. The molecule has 2 aromatic rings. The number of aryl methyl sites for hydroxylation is 1. The topological polar surface area (TPSA) is 98.7 Å². The lowest BCUT2D eigenvalue weighted by Crippen LogP contribution is -2.36. The third-order valence-electron chi connectivity index (χ3n) is 6.90. The zero-order valence-corrected chi connectivity index (χ0v) is 19.7. The van der Waals surface area contributed by atoms with Gasteiger partial charge in [-0.05, 0) is 74.9 Å². The molecule has 3 N–H and O–H groups in total. The molecule has 1 saturated carbocycles. The minimum absolute atomic E-state index is 0.233. The summed E-state index contributed by atoms with van der Waals surface area (Å²) in [7, 11) is 0. The van der Waals surface area contributed by atoms with Gasteiger partial charge in [-0.1, -0.05) is 25.0 Å². The summed E-state index contributed by atoms with van der Waals surface area (Å²) in [4.78, 5) is 40.2. The number of aliphatic carboxylic acids is 1. The highest BCUT2D eigenvalue weighted by Crippen LogP contribution is 2.33. The van der Waals surface area contributed by atoms with E-state index in [1.165, 1.54) is 6.42 Å². The molecule has 2 aliphatic rings. The molecule has 1 heterocycles. The first-order valence-electron chi connectivity index (χ1n) is 12.2. The van der Waals surface area contributed by atoms with E-state index >= 15 is 0 Å². The van der Waals surface area contributed by atoms with Gasteiger partial charge in [-0.2, -0.15) is 0 Å². The normalized spacial score (nSPS) is 20.4. The number of rotatable bonds is 6. The smallest absolute Gasteiger partial charge is 0.307 e. The highest BCUT2D eigenvalue weighted by molar-refractivity contribution is 6.09. The summed E-state index contributed by atoms with van der Waals surface area (Å²) in [5.41, 5.74) is 3.63. The number of carboxylic acid groups (broad SMARTS) is 1. The SMILES string of the molecule is Cc1cccc(NC(=O)c2cc(NC(=O)C3CCCCC3C(=O)O)ccc2N2CCCCC2)c1. The number of anilines is 3. The lowest BCUT2D eigenvalue weighted by Gasteiger charge is -2.31. The van der Waals surface area contributed by atoms with Crippen LogP contribution in [0, 0.1) is 18.8 Å². The van der Waals surface area contributed by atoms with Crippen molar-refractivity contribution in [1.82, 2.24) is 0 Å². The van der Waals surface area contributed by atoms with Crippen LogP contribution in [0.25, 0.3) is 0 Å². The number of hydrogen-bond donors (Lipinski definition) is 3. The van der Waals surface area contributed by atoms with Crippen LogP contribution in [-0.4, -0.2) is 36.0 Å². The quantitative estimate of drug-likeness (QED) is 0.556. The standard InChI is InChI=1S/C27H33N3O4/c1-18-8-7-9-19(16-18)28-26(32)23-17-20(12-13-24(23)30-14-5-2-6-15-30)29-25(31)21-10-3-4-11-22(21)27(33)34/h7-9,12-13,16-17,21-22H,2-6,10-11,14-15H2,1H3,(H,28,32)(H,29,31)(H,33,34). The second kappa shape index (κ2) is 10.7. The van der Waals surface area contributed by atoms with E-state index in [2.05, 4.69) is 15.5 Å². The summed E-state index contributed by atoms with van der Waals surface area (Å²) in [5.74, 6) is -2.66. The Hall–Kier alpha value is -3.35. The Balaban J connectivity index is 1.59. The van der Waals surface area contributed by atoms with Gasteiger partial charge in [0.1, 0.15) is 0 Å². The number of carboxylic acids is 1. The van der Waals surface area contributed by atoms with E-state index in [1.807, 2.05) is 43.3 Å². The van der Waals surface area contributed by atoms with Crippen molar-refractivity contribution in [3.63, 3.8) is 0 Å². The number of benzene rings is 2. The largest absolute Gasteiger partial charge is 0.481 e. The van der Waals surface area contributed by atoms with Crippen LogP contribution in [0.3, 0.4) is 0 Å². The van der Waals surface area contributed by atoms with Gasteiger partial charge in [0.25, 0.3) is 5.91 Å². The lowest BCUT2D eigenvalue weighted by atomic mass is 9.78. The summed E-state index contributed by atoms with van der Waals surface area (Å²) in [6, 6.07) is 13.1. The summed E-state index contributed by atoms with van der Waals surface area (Å²) >= 11 is 0. The fourth-order valence-electron chi connectivity index (χ4n) is 5.10. The van der Waals surface area contributed by atoms with Crippen molar-refractivity contribution in [2.24, 2.45) is 11.8 Å². The van der Waals surface area contributed by atoms with Crippen molar-refractivity contribution >= 4 is 34.8 Å². The van der Waals surface area contributed by atoms with E-state index in [0.717, 1.165) is 55.7 Å². The molecule has 0 aromatic heterocycles. The Morgan fingerprint density at radius 3 is 2.26 bits per heavy atom. The molecule has 4 rings (SSSR count). The number of piperidine rings is 1. The molecular weight excluding hydrogens is 430 g/mol. The molecule has 180 valence electrons. The van der Waals surface area contributed by atoms with Crippen LogP contribution in [-0.2, 0) is 9.59 Å². The lowest BCUT2D eigenvalue weighted by molar-refractivity contribution is -0.147. The van der Waals surface area contributed by atoms with Crippen LogP contribution < -0.4 is 15.5 Å². The first kappa shape index (κ1) is 23.8. The van der Waals surface area contributed by atoms with Crippen LogP contribution in [0.1, 0.15) is 60.9 Å². The van der Waals surface area contributed by atoms with Crippen LogP contribution in [0.15, 0.2) is 42.5 Å². The molecule has 2 atom stereocenters. The van der Waals surface area contributed by atoms with Crippen molar-refractivity contribution in [2.75, 3.05) is 28.6 Å². The maximum absolute atomic E-state index is 13.3. The number of hydrogen-bond acceptors (Lipinski definition) is 4. The van der Waals surface area contributed by atoms with Crippen LogP contribution in [0.5, 0.6) is 0 Å². The number of nitrogens with one attached hydrogen (secondary N) is 2. The Kier molecular flexibility index (Phi) is 7.50. The van der Waals surface area contributed by atoms with Gasteiger partial charge in [-0.25, -0.2) is 0 Å². The van der Waals surface area contributed by atoms with Gasteiger partial charge in [0.15, 0.2) is 0 Å². The average Bonchev–Trinajstić information content (AvgIpc) is 2.84. The number of amides is 2. The molecule has 1 aliphatic heterocycles. The maximum Gasteiger partial charge on any atom is 0.307 e. The van der Waals surface area contributed by atoms with Crippen molar-refractivity contribution < 1.29 is 19.5 Å². The van der Waals surface area contributed by atoms with Gasteiger partial charge in [0.05, 0.1) is 17.4 Å². The molecule has 2 fully saturated rings. The van der Waals surface area contributed by atoms with Gasteiger partial charge < -0.3 is 20.6 Å². The fourth-order valence-corrected chi connectivity index (χ4v) is 5.10. The molecule has 2 amide bonds. The van der Waals surface area contributed by atoms with Crippen LogP contribution in [0.4, 0.5) is 17.1 Å². The van der Waals surface area contributed by atoms with Crippen molar-refractivity contribution in [3.05, 3.63) is 53.6 Å². The summed E-state index contributed by atoms with van der Waals surface area (Å²) in [5, 5.41) is 15.4. The summed E-state index contributed by atoms with van der Waals surface area (Å²) in [6.45, 7) is 3.75. The van der Waals surface area contributed by atoms with Gasteiger partial charge in [0.2, 0.25) is 5.91 Å². The number of carbonyl (C=O) groups excluding carboxylic acids is 2. The van der Waals surface area contributed by atoms with E-state index < -0.39 is 17.8 Å². The third-order valence-corrected chi connectivity index (χ3v) is 6.90. The molecule has 0 radical (unpaired) electrons. The Morgan fingerprint density at radius 2 is 1.56 bits per heavy atom. The van der Waals surface area contributed by atoms with Gasteiger partial charge in [0, 0.05) is 30.2 Å². The Morgan fingerprint density at radius 1 is 0.853 bits per heavy atom. The highest BCUT2D eigenvalue weighted by Gasteiger charge is 2.35. The molecule has 7 heteroatoms. The zero-order chi connectivity index (χ0) is 24.1. The van der Waals surface area contributed by atoms with E-state index in [0.29, 0.717) is 24.1 Å². The maximum atomic E-state index is 13.3. The van der Waals surface area contributed by atoms with Crippen LogP contribution in [0.2, 0.25) is 0 Å². The minimum atomic E-state index is -0.918. The molecule has 1 aliphatic carbocycles. The summed E-state index contributed by atoms with van der Waals surface area (Å²) < 4.78 is 0. The Labute approximate surface area is 200 Å². The fraction of sp³-hybridized carbons (Fsp3) is 0.444. The second-order valence-electron chi connectivity index (χ2n) is 9.43. The van der Waals surface area contributed by atoms with E-state index in [4.69, 9.17) is 0 Å². The predicted molar refractivity (Wildman–Crippen MR) is 133 cm³/mol. The Bertz CT molecular complexity index is 1060. The van der Waals surface area contributed by atoms with Crippen molar-refractivity contribution in [3.8, 4) is 0 Å². The minimum Gasteiger partial charge on any atom is -0.481 e. The van der Waals surface area contributed by atoms with Crippen LogP contribution >= 0.6 is 0 Å². The molecule has 0 bridgehead atoms. The van der Waals surface area contributed by atoms with Crippen molar-refractivity contribution in [1.29, 1.82) is 0 Å². The van der Waals surface area contributed by atoms with E-state index in [9.17, 15) is 19.5 Å².